The largest absolute Gasteiger partial charge is 0.591 e. The summed E-state index contributed by atoms with van der Waals surface area (Å²) in [7, 11) is 0. The fraction of sp³-hybridized carbons (Fsp3) is 0.875. The van der Waals surface area contributed by atoms with Crippen molar-refractivity contribution in [2.24, 2.45) is 4.40 Å². The highest BCUT2D eigenvalue weighted by Gasteiger charge is 2.25. The first-order valence-electron chi connectivity index (χ1n) is 4.06. The van der Waals surface area contributed by atoms with Gasteiger partial charge in [0.15, 0.2) is 0 Å². The van der Waals surface area contributed by atoms with Gasteiger partial charge in [0.05, 0.1) is 6.21 Å². The molecule has 0 aromatic heterocycles. The van der Waals surface area contributed by atoms with Crippen molar-refractivity contribution in [3.05, 3.63) is 0 Å². The Hall–Kier alpha value is -0.160. The topological polar surface area (TPSA) is 35.4 Å². The number of hydrogen-bond donors (Lipinski definition) is 0. The Morgan fingerprint density at radius 3 is 2.38 bits per heavy atom. The Kier molecular flexibility index (Phi) is 5.48. The summed E-state index contributed by atoms with van der Waals surface area (Å²) in [4.78, 5) is 0. The molecule has 1 atom stereocenters. The molecule has 0 aliphatic heterocycles. The molecule has 0 fully saturated rings. The van der Waals surface area contributed by atoms with Crippen LogP contribution in [0.3, 0.4) is 0 Å². The van der Waals surface area contributed by atoms with Crippen LogP contribution in [0, 0.1) is 0 Å². The van der Waals surface area contributed by atoms with Gasteiger partial charge in [0.2, 0.25) is 6.43 Å². The van der Waals surface area contributed by atoms with E-state index in [2.05, 4.69) is 4.40 Å². The molecular weight excluding hydrogens is 196 g/mol. The zero-order valence-electron chi connectivity index (χ0n) is 8.09. The molecule has 0 radical (unpaired) electrons. The molecule has 0 aliphatic rings. The summed E-state index contributed by atoms with van der Waals surface area (Å²) in [5.41, 5.74) is 0. The van der Waals surface area contributed by atoms with E-state index < -0.39 is 22.5 Å². The van der Waals surface area contributed by atoms with Gasteiger partial charge < -0.3 is 4.55 Å². The van der Waals surface area contributed by atoms with Gasteiger partial charge >= 0.3 is 0 Å². The summed E-state index contributed by atoms with van der Waals surface area (Å²) >= 11 is -1.33. The third-order valence-corrected chi connectivity index (χ3v) is 2.60. The zero-order chi connectivity index (χ0) is 10.5. The van der Waals surface area contributed by atoms with Crippen LogP contribution < -0.4 is 0 Å². The van der Waals surface area contributed by atoms with Crippen molar-refractivity contribution in [3.63, 3.8) is 0 Å². The summed E-state index contributed by atoms with van der Waals surface area (Å²) < 4.78 is 37.8. The van der Waals surface area contributed by atoms with E-state index in [1.54, 1.807) is 20.8 Å². The minimum atomic E-state index is -2.31. The van der Waals surface area contributed by atoms with E-state index in [1.807, 2.05) is 0 Å². The second-order valence-electron chi connectivity index (χ2n) is 3.62. The Morgan fingerprint density at radius 2 is 2.00 bits per heavy atom. The molecule has 0 bridgehead atoms. The Bertz CT molecular complexity index is 168. The SMILES string of the molecule is CC(C)(C)[S@+]([O-])/N=C/CCC(F)F. The molecule has 0 rings (SSSR count). The molecule has 5 heteroatoms. The average Bonchev–Trinajstić information content (AvgIpc) is 1.95. The maximum Gasteiger partial charge on any atom is 0.239 e. The third kappa shape index (κ3) is 6.95. The quantitative estimate of drug-likeness (QED) is 0.520. The molecule has 0 aromatic rings. The van der Waals surface area contributed by atoms with Crippen LogP contribution in [0.4, 0.5) is 8.78 Å². The molecule has 0 saturated carbocycles. The molecule has 0 spiro atoms. The van der Waals surface area contributed by atoms with Gasteiger partial charge in [0.25, 0.3) is 0 Å². The first-order valence-corrected chi connectivity index (χ1v) is 5.17. The molecular formula is C8H15F2NOS. The highest BCUT2D eigenvalue weighted by Crippen LogP contribution is 2.16. The highest BCUT2D eigenvalue weighted by molar-refractivity contribution is 7.91. The summed E-state index contributed by atoms with van der Waals surface area (Å²) in [5, 5.41) is 0. The molecule has 0 amide bonds. The Labute approximate surface area is 80.8 Å². The molecule has 0 N–H and O–H groups in total. The molecule has 13 heavy (non-hydrogen) atoms. The third-order valence-electron chi connectivity index (χ3n) is 1.21. The van der Waals surface area contributed by atoms with Gasteiger partial charge in [-0.2, -0.15) is 0 Å². The molecule has 78 valence electrons. The fourth-order valence-electron chi connectivity index (χ4n) is 0.479. The second kappa shape index (κ2) is 5.54. The van der Waals surface area contributed by atoms with Crippen molar-refractivity contribution >= 4 is 17.6 Å². The van der Waals surface area contributed by atoms with Gasteiger partial charge in [-0.25, -0.2) is 8.78 Å². The van der Waals surface area contributed by atoms with Crippen LogP contribution in [-0.4, -0.2) is 21.9 Å². The fourth-order valence-corrected chi connectivity index (χ4v) is 1.04. The molecule has 2 nitrogen and oxygen atoms in total. The maximum absolute atomic E-state index is 11.7. The van der Waals surface area contributed by atoms with Crippen molar-refractivity contribution in [2.45, 2.75) is 44.8 Å². The number of rotatable bonds is 4. The number of hydrogen-bond acceptors (Lipinski definition) is 2. The number of nitrogens with zero attached hydrogens (tertiary/aromatic N) is 1. The smallest absolute Gasteiger partial charge is 0.239 e. The number of halogens is 2. The van der Waals surface area contributed by atoms with Gasteiger partial charge in [0.1, 0.15) is 16.1 Å². The van der Waals surface area contributed by atoms with Crippen LogP contribution in [0.2, 0.25) is 0 Å². The predicted octanol–water partition coefficient (Wildman–Crippen LogP) is 2.56. The van der Waals surface area contributed by atoms with Crippen molar-refractivity contribution < 1.29 is 13.3 Å². The molecule has 0 aliphatic carbocycles. The van der Waals surface area contributed by atoms with Crippen LogP contribution >= 0.6 is 0 Å². The van der Waals surface area contributed by atoms with Gasteiger partial charge in [-0.1, -0.05) is 4.40 Å². The molecule has 0 aromatic carbocycles. The van der Waals surface area contributed by atoms with E-state index >= 15 is 0 Å². The minimum Gasteiger partial charge on any atom is -0.591 e. The van der Waals surface area contributed by atoms with Gasteiger partial charge in [-0.05, 0) is 27.2 Å². The Morgan fingerprint density at radius 1 is 1.46 bits per heavy atom. The van der Waals surface area contributed by atoms with Crippen molar-refractivity contribution in [1.82, 2.24) is 0 Å². The zero-order valence-corrected chi connectivity index (χ0v) is 8.91. The highest BCUT2D eigenvalue weighted by atomic mass is 32.2. The van der Waals surface area contributed by atoms with E-state index in [4.69, 9.17) is 0 Å². The number of alkyl halides is 2. The first kappa shape index (κ1) is 12.8. The van der Waals surface area contributed by atoms with Crippen LogP contribution in [0.5, 0.6) is 0 Å². The van der Waals surface area contributed by atoms with Crippen LogP contribution in [-0.2, 0) is 11.4 Å². The van der Waals surface area contributed by atoms with E-state index in [-0.39, 0.29) is 12.8 Å². The summed E-state index contributed by atoms with van der Waals surface area (Å²) in [6, 6.07) is 0. The van der Waals surface area contributed by atoms with Crippen molar-refractivity contribution in [1.29, 1.82) is 0 Å². The summed E-state index contributed by atoms with van der Waals surface area (Å²) in [6.07, 6.45) is -1.03. The van der Waals surface area contributed by atoms with E-state index in [9.17, 15) is 13.3 Å². The maximum atomic E-state index is 11.7. The normalized spacial score (nSPS) is 15.6. The van der Waals surface area contributed by atoms with Gasteiger partial charge in [0, 0.05) is 6.42 Å². The first-order chi connectivity index (χ1) is 5.84. The standard InChI is InChI=1S/C8H15F2NOS/c1-8(2,3)13(12)11-6-4-5-7(9)10/h6-7H,4-5H2,1-3H3/b11-6+/t13-/m0/s1. The minimum absolute atomic E-state index is 0.180. The lowest BCUT2D eigenvalue weighted by Crippen LogP contribution is -2.25. The molecule has 0 saturated heterocycles. The lowest BCUT2D eigenvalue weighted by molar-refractivity contribution is 0.140. The average molecular weight is 211 g/mol. The lowest BCUT2D eigenvalue weighted by atomic mass is 10.3. The predicted molar refractivity (Wildman–Crippen MR) is 51.6 cm³/mol. The second-order valence-corrected chi connectivity index (χ2v) is 5.55. The molecule has 0 unspecified atom stereocenters. The Balaban J connectivity index is 3.72. The van der Waals surface area contributed by atoms with Crippen LogP contribution in [0.25, 0.3) is 0 Å². The monoisotopic (exact) mass is 211 g/mol. The van der Waals surface area contributed by atoms with Crippen LogP contribution in [0.15, 0.2) is 4.40 Å². The van der Waals surface area contributed by atoms with Crippen molar-refractivity contribution in [2.75, 3.05) is 0 Å². The molecule has 0 heterocycles. The van der Waals surface area contributed by atoms with Gasteiger partial charge in [-0.3, -0.25) is 0 Å². The van der Waals surface area contributed by atoms with Crippen LogP contribution in [0.1, 0.15) is 33.6 Å². The summed E-state index contributed by atoms with van der Waals surface area (Å²) in [5.74, 6) is 0. The van der Waals surface area contributed by atoms with E-state index in [0.717, 1.165) is 0 Å². The summed E-state index contributed by atoms with van der Waals surface area (Å²) in [6.45, 7) is 5.36. The van der Waals surface area contributed by atoms with Gasteiger partial charge in [-0.15, -0.1) is 0 Å². The van der Waals surface area contributed by atoms with E-state index in [1.165, 1.54) is 6.21 Å². The van der Waals surface area contributed by atoms with Crippen molar-refractivity contribution in [3.8, 4) is 0 Å². The van der Waals surface area contributed by atoms with E-state index in [0.29, 0.717) is 0 Å². The lowest BCUT2D eigenvalue weighted by Gasteiger charge is -2.17.